The first-order valence-corrected chi connectivity index (χ1v) is 4.08. The van der Waals surface area contributed by atoms with Crippen LogP contribution < -0.4 is 0 Å². The summed E-state index contributed by atoms with van der Waals surface area (Å²) < 4.78 is 0.590. The molecule has 0 N–H and O–H groups in total. The van der Waals surface area contributed by atoms with Crippen molar-refractivity contribution in [2.24, 2.45) is 0 Å². The van der Waals surface area contributed by atoms with Crippen LogP contribution in [0.3, 0.4) is 0 Å². The van der Waals surface area contributed by atoms with Gasteiger partial charge in [-0.1, -0.05) is 11.6 Å². The van der Waals surface area contributed by atoms with Gasteiger partial charge in [-0.15, -0.1) is 0 Å². The van der Waals surface area contributed by atoms with Crippen molar-refractivity contribution in [2.75, 3.05) is 0 Å². The Kier molecular flexibility index (Phi) is 2.86. The third-order valence-corrected chi connectivity index (χ3v) is 2.45. The van der Waals surface area contributed by atoms with Crippen LogP contribution in [0.15, 0.2) is 16.9 Å². The van der Waals surface area contributed by atoms with Gasteiger partial charge in [-0.05, 0) is 27.6 Å². The second-order valence-corrected chi connectivity index (χ2v) is 3.04. The van der Waals surface area contributed by atoms with Crippen LogP contribution in [-0.2, 0) is 6.42 Å². The summed E-state index contributed by atoms with van der Waals surface area (Å²) in [6, 6.07) is 3.75. The maximum absolute atomic E-state index is 8.39. The Labute approximate surface area is 77.9 Å². The summed E-state index contributed by atoms with van der Waals surface area (Å²) in [6.07, 6.45) is 1.93. The van der Waals surface area contributed by atoms with E-state index in [2.05, 4.69) is 20.9 Å². The summed E-state index contributed by atoms with van der Waals surface area (Å²) in [6.45, 7) is 0. The molecule has 1 aromatic rings. The highest BCUT2D eigenvalue weighted by Gasteiger charge is 2.03. The SMILES string of the molecule is N#CCc1ccnc(Br)c1Cl. The molecular weight excluding hydrogens is 227 g/mol. The first kappa shape index (κ1) is 8.51. The summed E-state index contributed by atoms with van der Waals surface area (Å²) in [5, 5.41) is 8.91. The van der Waals surface area contributed by atoms with E-state index in [1.165, 1.54) is 0 Å². The van der Waals surface area contributed by atoms with Crippen molar-refractivity contribution in [1.82, 2.24) is 4.98 Å². The third kappa shape index (κ3) is 1.92. The van der Waals surface area contributed by atoms with E-state index < -0.39 is 0 Å². The molecule has 0 bridgehead atoms. The Bertz CT molecular complexity index is 306. The van der Waals surface area contributed by atoms with Crippen LogP contribution >= 0.6 is 27.5 Å². The summed E-state index contributed by atoms with van der Waals surface area (Å²) in [5.74, 6) is 0. The molecule has 1 heterocycles. The molecule has 0 radical (unpaired) electrons. The highest BCUT2D eigenvalue weighted by Crippen LogP contribution is 2.23. The molecule has 0 spiro atoms. The normalized spacial score (nSPS) is 9.18. The second kappa shape index (κ2) is 3.70. The van der Waals surface area contributed by atoms with E-state index in [1.807, 2.05) is 6.07 Å². The van der Waals surface area contributed by atoms with E-state index >= 15 is 0 Å². The van der Waals surface area contributed by atoms with E-state index in [9.17, 15) is 0 Å². The number of nitrogens with zero attached hydrogens (tertiary/aromatic N) is 2. The molecule has 0 aliphatic carbocycles. The average Bonchev–Trinajstić information content (AvgIpc) is 1.99. The Morgan fingerprint density at radius 3 is 3.09 bits per heavy atom. The van der Waals surface area contributed by atoms with Gasteiger partial charge in [0.1, 0.15) is 4.60 Å². The van der Waals surface area contributed by atoms with Crippen molar-refractivity contribution in [3.8, 4) is 6.07 Å². The van der Waals surface area contributed by atoms with Crippen LogP contribution in [0, 0.1) is 11.3 Å². The van der Waals surface area contributed by atoms with Gasteiger partial charge in [-0.25, -0.2) is 4.98 Å². The van der Waals surface area contributed by atoms with Gasteiger partial charge in [0, 0.05) is 6.20 Å². The van der Waals surface area contributed by atoms with E-state index in [0.29, 0.717) is 16.0 Å². The quantitative estimate of drug-likeness (QED) is 0.697. The van der Waals surface area contributed by atoms with Gasteiger partial charge in [0.25, 0.3) is 0 Å². The van der Waals surface area contributed by atoms with Gasteiger partial charge >= 0.3 is 0 Å². The minimum Gasteiger partial charge on any atom is -0.248 e. The largest absolute Gasteiger partial charge is 0.248 e. The smallest absolute Gasteiger partial charge is 0.124 e. The molecule has 1 rings (SSSR count). The molecule has 0 unspecified atom stereocenters. The van der Waals surface area contributed by atoms with Crippen LogP contribution in [0.2, 0.25) is 5.02 Å². The Morgan fingerprint density at radius 2 is 2.45 bits per heavy atom. The number of hydrogen-bond acceptors (Lipinski definition) is 2. The third-order valence-electron chi connectivity index (χ3n) is 1.20. The fourth-order valence-electron chi connectivity index (χ4n) is 0.677. The van der Waals surface area contributed by atoms with Gasteiger partial charge in [-0.3, -0.25) is 0 Å². The van der Waals surface area contributed by atoms with E-state index in [4.69, 9.17) is 16.9 Å². The topological polar surface area (TPSA) is 36.7 Å². The van der Waals surface area contributed by atoms with Gasteiger partial charge in [0.15, 0.2) is 0 Å². The minimum atomic E-state index is 0.319. The fourth-order valence-corrected chi connectivity index (χ4v) is 1.23. The lowest BCUT2D eigenvalue weighted by molar-refractivity contribution is 1.19. The number of nitriles is 1. The first-order chi connectivity index (χ1) is 5.25. The number of pyridine rings is 1. The van der Waals surface area contributed by atoms with Crippen LogP contribution in [0.5, 0.6) is 0 Å². The summed E-state index contributed by atoms with van der Waals surface area (Å²) in [4.78, 5) is 3.90. The standard InChI is InChI=1S/C7H4BrClN2/c8-7-6(9)5(1-3-10)2-4-11-7/h2,4H,1H2. The molecule has 4 heteroatoms. The van der Waals surface area contributed by atoms with Gasteiger partial charge in [0.05, 0.1) is 17.5 Å². The van der Waals surface area contributed by atoms with E-state index in [-0.39, 0.29) is 0 Å². The van der Waals surface area contributed by atoms with Crippen LogP contribution in [0.25, 0.3) is 0 Å². The molecule has 0 atom stereocenters. The average molecular weight is 231 g/mol. The lowest BCUT2D eigenvalue weighted by atomic mass is 10.2. The molecule has 0 fully saturated rings. The van der Waals surface area contributed by atoms with Crippen LogP contribution in [0.4, 0.5) is 0 Å². The highest BCUT2D eigenvalue weighted by atomic mass is 79.9. The number of rotatable bonds is 1. The molecule has 0 aromatic carbocycles. The first-order valence-electron chi connectivity index (χ1n) is 2.91. The molecular formula is C7H4BrClN2. The predicted octanol–water partition coefficient (Wildman–Crippen LogP) is 2.56. The molecule has 0 amide bonds. The predicted molar refractivity (Wildman–Crippen MR) is 46.3 cm³/mol. The number of halogens is 2. The fraction of sp³-hybridized carbons (Fsp3) is 0.143. The summed E-state index contributed by atoms with van der Waals surface area (Å²) in [7, 11) is 0. The lowest BCUT2D eigenvalue weighted by Gasteiger charge is -1.98. The number of hydrogen-bond donors (Lipinski definition) is 0. The molecule has 56 valence electrons. The molecule has 0 aliphatic heterocycles. The molecule has 0 saturated heterocycles. The molecule has 0 saturated carbocycles. The zero-order valence-corrected chi connectivity index (χ0v) is 7.85. The Hall–Kier alpha value is -0.590. The van der Waals surface area contributed by atoms with Crippen molar-refractivity contribution < 1.29 is 0 Å². The molecule has 1 aromatic heterocycles. The van der Waals surface area contributed by atoms with Crippen LogP contribution in [-0.4, -0.2) is 4.98 Å². The van der Waals surface area contributed by atoms with E-state index in [1.54, 1.807) is 12.3 Å². The van der Waals surface area contributed by atoms with Crippen molar-refractivity contribution in [3.05, 3.63) is 27.5 Å². The highest BCUT2D eigenvalue weighted by molar-refractivity contribution is 9.10. The van der Waals surface area contributed by atoms with Crippen LogP contribution in [0.1, 0.15) is 5.56 Å². The van der Waals surface area contributed by atoms with Gasteiger partial charge in [0.2, 0.25) is 0 Å². The molecule has 0 aliphatic rings. The summed E-state index contributed by atoms with van der Waals surface area (Å²) >= 11 is 8.98. The molecule has 11 heavy (non-hydrogen) atoms. The Balaban J connectivity index is 3.08. The van der Waals surface area contributed by atoms with Crippen molar-refractivity contribution >= 4 is 27.5 Å². The zero-order valence-electron chi connectivity index (χ0n) is 5.51. The zero-order chi connectivity index (χ0) is 8.27. The van der Waals surface area contributed by atoms with Crippen molar-refractivity contribution in [1.29, 1.82) is 5.26 Å². The van der Waals surface area contributed by atoms with Gasteiger partial charge < -0.3 is 0 Å². The van der Waals surface area contributed by atoms with Crippen molar-refractivity contribution in [3.63, 3.8) is 0 Å². The maximum Gasteiger partial charge on any atom is 0.124 e. The summed E-state index contributed by atoms with van der Waals surface area (Å²) in [5.41, 5.74) is 0.802. The van der Waals surface area contributed by atoms with Crippen molar-refractivity contribution in [2.45, 2.75) is 6.42 Å². The van der Waals surface area contributed by atoms with Gasteiger partial charge in [-0.2, -0.15) is 5.26 Å². The lowest BCUT2D eigenvalue weighted by Crippen LogP contribution is -1.86. The minimum absolute atomic E-state index is 0.319. The second-order valence-electron chi connectivity index (χ2n) is 1.91. The van der Waals surface area contributed by atoms with E-state index in [0.717, 1.165) is 5.56 Å². The Morgan fingerprint density at radius 1 is 1.73 bits per heavy atom. The number of aromatic nitrogens is 1. The monoisotopic (exact) mass is 230 g/mol. The molecule has 2 nitrogen and oxygen atoms in total. The maximum atomic E-state index is 8.39.